The van der Waals surface area contributed by atoms with Gasteiger partial charge in [-0.25, -0.2) is 0 Å². The molecule has 0 saturated carbocycles. The van der Waals surface area contributed by atoms with E-state index in [2.05, 4.69) is 17.4 Å². The minimum Gasteiger partial charge on any atom is -0.378 e. The fraction of sp³-hybridized carbons (Fsp3) is 0.444. The molecule has 1 fully saturated rings. The zero-order valence-electron chi connectivity index (χ0n) is 13.2. The van der Waals surface area contributed by atoms with E-state index in [1.54, 1.807) is 4.90 Å². The lowest BCUT2D eigenvalue weighted by molar-refractivity contribution is -0.130. The first-order valence-electron chi connectivity index (χ1n) is 8.17. The number of ether oxygens (including phenoxy) is 1. The topological polar surface area (TPSA) is 58.6 Å². The van der Waals surface area contributed by atoms with Crippen molar-refractivity contribution in [3.8, 4) is 0 Å². The van der Waals surface area contributed by atoms with E-state index in [1.807, 2.05) is 12.1 Å². The number of rotatable bonds is 3. The molecule has 0 bridgehead atoms. The average Bonchev–Trinajstić information content (AvgIpc) is 2.61. The number of fused-ring (bicyclic) bond motifs is 1. The van der Waals surface area contributed by atoms with Gasteiger partial charge in [-0.2, -0.15) is 0 Å². The Kier molecular flexibility index (Phi) is 5.08. The van der Waals surface area contributed by atoms with Gasteiger partial charge in [-0.05, 0) is 30.4 Å². The highest BCUT2D eigenvalue weighted by Crippen LogP contribution is 2.29. The van der Waals surface area contributed by atoms with Crippen molar-refractivity contribution in [2.45, 2.75) is 25.3 Å². The Morgan fingerprint density at radius 1 is 1.17 bits per heavy atom. The summed E-state index contributed by atoms with van der Waals surface area (Å²) in [5.74, 6) is -0.346. The zero-order chi connectivity index (χ0) is 16.1. The molecule has 0 spiro atoms. The molecule has 1 atom stereocenters. The number of carbonyl (C=O) groups excluding carboxylic acids is 2. The van der Waals surface area contributed by atoms with Gasteiger partial charge >= 0.3 is 0 Å². The smallest absolute Gasteiger partial charge is 0.246 e. The maximum Gasteiger partial charge on any atom is 0.246 e. The number of hydrogen-bond acceptors (Lipinski definition) is 3. The molecule has 3 rings (SSSR count). The summed E-state index contributed by atoms with van der Waals surface area (Å²) in [6, 6.07) is 8.26. The minimum absolute atomic E-state index is 0.0376. The molecule has 0 aromatic heterocycles. The molecular weight excluding hydrogens is 292 g/mol. The maximum absolute atomic E-state index is 12.1. The van der Waals surface area contributed by atoms with Crippen LogP contribution < -0.4 is 5.32 Å². The molecule has 1 aromatic carbocycles. The quantitative estimate of drug-likeness (QED) is 0.862. The van der Waals surface area contributed by atoms with Gasteiger partial charge in [0.15, 0.2) is 0 Å². The van der Waals surface area contributed by atoms with E-state index in [0.717, 1.165) is 19.3 Å². The van der Waals surface area contributed by atoms with Crippen LogP contribution in [0, 0.1) is 0 Å². The fourth-order valence-electron chi connectivity index (χ4n) is 3.16. The van der Waals surface area contributed by atoms with Gasteiger partial charge in [0, 0.05) is 25.2 Å². The average molecular weight is 314 g/mol. The zero-order valence-corrected chi connectivity index (χ0v) is 13.2. The van der Waals surface area contributed by atoms with Crippen LogP contribution in [0.1, 0.15) is 30.0 Å². The van der Waals surface area contributed by atoms with Crippen LogP contribution in [0.3, 0.4) is 0 Å². The lowest BCUT2D eigenvalue weighted by Crippen LogP contribution is -2.40. The molecule has 1 aliphatic carbocycles. The first-order chi connectivity index (χ1) is 11.2. The summed E-state index contributed by atoms with van der Waals surface area (Å²) in [5.41, 5.74) is 2.50. The van der Waals surface area contributed by atoms with Crippen molar-refractivity contribution >= 4 is 11.8 Å². The Balaban J connectivity index is 1.57. The molecular formula is C18H22N2O3. The van der Waals surface area contributed by atoms with Crippen LogP contribution in [-0.2, 0) is 20.7 Å². The number of benzene rings is 1. The van der Waals surface area contributed by atoms with Crippen molar-refractivity contribution in [1.29, 1.82) is 0 Å². The summed E-state index contributed by atoms with van der Waals surface area (Å²) in [6.45, 7) is 2.29. The number of carbonyl (C=O) groups is 2. The Bertz CT molecular complexity index is 606. The van der Waals surface area contributed by atoms with Gasteiger partial charge in [0.1, 0.15) is 0 Å². The van der Waals surface area contributed by atoms with Crippen LogP contribution in [0.5, 0.6) is 0 Å². The van der Waals surface area contributed by atoms with Crippen LogP contribution in [0.15, 0.2) is 36.4 Å². The summed E-state index contributed by atoms with van der Waals surface area (Å²) in [7, 11) is 0. The first kappa shape index (κ1) is 15.7. The summed E-state index contributed by atoms with van der Waals surface area (Å²) in [6.07, 6.45) is 5.77. The largest absolute Gasteiger partial charge is 0.378 e. The van der Waals surface area contributed by atoms with Crippen LogP contribution in [0.25, 0.3) is 0 Å². The van der Waals surface area contributed by atoms with Gasteiger partial charge in [-0.15, -0.1) is 0 Å². The predicted octanol–water partition coefficient (Wildman–Crippen LogP) is 1.60. The number of aryl methyl sites for hydroxylation is 1. The van der Waals surface area contributed by atoms with Crippen LogP contribution in [0.2, 0.25) is 0 Å². The van der Waals surface area contributed by atoms with Gasteiger partial charge in [-0.3, -0.25) is 9.59 Å². The monoisotopic (exact) mass is 314 g/mol. The van der Waals surface area contributed by atoms with Crippen molar-refractivity contribution < 1.29 is 14.3 Å². The molecule has 1 heterocycles. The molecule has 5 heteroatoms. The number of morpholine rings is 1. The molecule has 1 saturated heterocycles. The summed E-state index contributed by atoms with van der Waals surface area (Å²) < 4.78 is 5.21. The standard InChI is InChI=1S/C18H22N2O3/c21-17(8-9-18(22)20-10-12-23-13-11-20)19-16-7-3-5-14-4-1-2-6-15(14)16/h1-2,4,6,8-9,16H,3,5,7,10-13H2,(H,19,21)/b9-8+. The Labute approximate surface area is 136 Å². The van der Waals surface area contributed by atoms with Crippen molar-refractivity contribution in [2.75, 3.05) is 26.3 Å². The molecule has 1 unspecified atom stereocenters. The lowest BCUT2D eigenvalue weighted by atomic mass is 9.88. The van der Waals surface area contributed by atoms with Gasteiger partial charge in [0.2, 0.25) is 11.8 Å². The highest BCUT2D eigenvalue weighted by molar-refractivity contribution is 5.96. The SMILES string of the molecule is O=C(/C=C/C(=O)N1CCOCC1)NC1CCCc2ccccc21. The lowest BCUT2D eigenvalue weighted by Gasteiger charge is -2.26. The third kappa shape index (κ3) is 3.99. The molecule has 23 heavy (non-hydrogen) atoms. The van der Waals surface area contributed by atoms with E-state index in [1.165, 1.54) is 23.3 Å². The van der Waals surface area contributed by atoms with Gasteiger partial charge in [0.05, 0.1) is 19.3 Å². The molecule has 1 aromatic rings. The summed E-state index contributed by atoms with van der Waals surface area (Å²) in [5, 5.41) is 3.01. The van der Waals surface area contributed by atoms with E-state index in [0.29, 0.717) is 26.3 Å². The Hall–Kier alpha value is -2.14. The third-order valence-electron chi connectivity index (χ3n) is 4.39. The van der Waals surface area contributed by atoms with E-state index in [4.69, 9.17) is 4.74 Å². The van der Waals surface area contributed by atoms with Crippen molar-refractivity contribution in [1.82, 2.24) is 10.2 Å². The molecule has 0 radical (unpaired) electrons. The first-order valence-corrected chi connectivity index (χ1v) is 8.17. The normalized spacial score (nSPS) is 21.0. The third-order valence-corrected chi connectivity index (χ3v) is 4.39. The number of hydrogen-bond donors (Lipinski definition) is 1. The van der Waals surface area contributed by atoms with E-state index in [-0.39, 0.29) is 17.9 Å². The Morgan fingerprint density at radius 3 is 2.78 bits per heavy atom. The molecule has 122 valence electrons. The van der Waals surface area contributed by atoms with E-state index < -0.39 is 0 Å². The van der Waals surface area contributed by atoms with E-state index in [9.17, 15) is 9.59 Å². The van der Waals surface area contributed by atoms with Crippen molar-refractivity contribution in [3.63, 3.8) is 0 Å². The van der Waals surface area contributed by atoms with E-state index >= 15 is 0 Å². The second-order valence-corrected chi connectivity index (χ2v) is 5.92. The highest BCUT2D eigenvalue weighted by atomic mass is 16.5. The Morgan fingerprint density at radius 2 is 1.96 bits per heavy atom. The van der Waals surface area contributed by atoms with Gasteiger partial charge in [0.25, 0.3) is 0 Å². The molecule has 1 aliphatic heterocycles. The van der Waals surface area contributed by atoms with Crippen LogP contribution in [-0.4, -0.2) is 43.0 Å². The van der Waals surface area contributed by atoms with Crippen molar-refractivity contribution in [3.05, 3.63) is 47.5 Å². The number of amides is 2. The fourth-order valence-corrected chi connectivity index (χ4v) is 3.16. The summed E-state index contributed by atoms with van der Waals surface area (Å²) >= 11 is 0. The second kappa shape index (κ2) is 7.42. The highest BCUT2D eigenvalue weighted by Gasteiger charge is 2.21. The van der Waals surface area contributed by atoms with Gasteiger partial charge in [-0.1, -0.05) is 24.3 Å². The number of nitrogens with one attached hydrogen (secondary N) is 1. The number of nitrogens with zero attached hydrogens (tertiary/aromatic N) is 1. The van der Waals surface area contributed by atoms with Gasteiger partial charge < -0.3 is 15.0 Å². The molecule has 2 amide bonds. The molecule has 5 nitrogen and oxygen atoms in total. The minimum atomic E-state index is -0.215. The summed E-state index contributed by atoms with van der Waals surface area (Å²) in [4.78, 5) is 25.8. The van der Waals surface area contributed by atoms with Crippen molar-refractivity contribution in [2.24, 2.45) is 0 Å². The second-order valence-electron chi connectivity index (χ2n) is 5.92. The molecule has 2 aliphatic rings. The van der Waals surface area contributed by atoms with Crippen LogP contribution >= 0.6 is 0 Å². The predicted molar refractivity (Wildman–Crippen MR) is 86.8 cm³/mol. The maximum atomic E-state index is 12.1. The van der Waals surface area contributed by atoms with Crippen LogP contribution in [0.4, 0.5) is 0 Å². The molecule has 1 N–H and O–H groups in total.